The topological polar surface area (TPSA) is 47.6 Å². The van der Waals surface area contributed by atoms with Gasteiger partial charge >= 0.3 is 0 Å². The number of hydrogen-bond acceptors (Lipinski definition) is 3. The molecule has 1 heterocycles. The molecule has 1 aromatic rings. The average molecular weight is 298 g/mol. The molecule has 110 valence electrons. The van der Waals surface area contributed by atoms with E-state index in [0.717, 1.165) is 25.0 Å². The maximum atomic E-state index is 12.4. The zero-order valence-corrected chi connectivity index (χ0v) is 12.6. The smallest absolute Gasteiger partial charge is 0.251 e. The average Bonchev–Trinajstić information content (AvgIpc) is 2.91. The summed E-state index contributed by atoms with van der Waals surface area (Å²) in [5.41, 5.74) is 1.49. The molecule has 1 aliphatic heterocycles. The van der Waals surface area contributed by atoms with Crippen LogP contribution in [0.25, 0.3) is 0 Å². The molecule has 1 amide bonds. The van der Waals surface area contributed by atoms with E-state index in [2.05, 4.69) is 5.32 Å². The normalized spacial score (nSPS) is 19.9. The monoisotopic (exact) mass is 297 g/mol. The van der Waals surface area contributed by atoms with Crippen molar-refractivity contribution in [2.75, 3.05) is 20.3 Å². The molecule has 0 spiro atoms. The Bertz CT molecular complexity index is 472. The zero-order valence-electron chi connectivity index (χ0n) is 11.8. The third-order valence-electron chi connectivity index (χ3n) is 3.51. The van der Waals surface area contributed by atoms with E-state index in [9.17, 15) is 4.79 Å². The predicted molar refractivity (Wildman–Crippen MR) is 78.3 cm³/mol. The maximum absolute atomic E-state index is 12.4. The molecule has 5 heteroatoms. The molecule has 20 heavy (non-hydrogen) atoms. The standard InChI is InChI=1S/C15H20ClNO3/c1-10-8-11(16)5-6-12(10)15(18)17-13(9-19-2)14-4-3-7-20-14/h5-6,8,13-14H,3-4,7,9H2,1-2H3,(H,17,18)/t13-,14-/m1/s1. The number of rotatable bonds is 5. The highest BCUT2D eigenvalue weighted by Crippen LogP contribution is 2.18. The van der Waals surface area contributed by atoms with Crippen LogP contribution in [-0.2, 0) is 9.47 Å². The van der Waals surface area contributed by atoms with Gasteiger partial charge < -0.3 is 14.8 Å². The van der Waals surface area contributed by atoms with Gasteiger partial charge in [0.15, 0.2) is 0 Å². The number of aryl methyl sites for hydroxylation is 1. The van der Waals surface area contributed by atoms with Crippen LogP contribution in [0.2, 0.25) is 5.02 Å². The summed E-state index contributed by atoms with van der Waals surface area (Å²) in [6, 6.07) is 5.13. The molecule has 0 aliphatic carbocycles. The number of ether oxygens (including phenoxy) is 2. The number of nitrogens with one attached hydrogen (secondary N) is 1. The van der Waals surface area contributed by atoms with Crippen LogP contribution in [0, 0.1) is 6.92 Å². The molecule has 1 aliphatic rings. The lowest BCUT2D eigenvalue weighted by molar-refractivity contribution is 0.0403. The Morgan fingerprint density at radius 2 is 2.40 bits per heavy atom. The molecule has 1 fully saturated rings. The van der Waals surface area contributed by atoms with Gasteiger partial charge in [0.2, 0.25) is 0 Å². The molecule has 0 unspecified atom stereocenters. The van der Waals surface area contributed by atoms with Crippen LogP contribution in [0.4, 0.5) is 0 Å². The number of amides is 1. The van der Waals surface area contributed by atoms with Gasteiger partial charge in [0.1, 0.15) is 0 Å². The molecular weight excluding hydrogens is 278 g/mol. The Hall–Kier alpha value is -1.10. The lowest BCUT2D eigenvalue weighted by Crippen LogP contribution is -2.46. The van der Waals surface area contributed by atoms with Crippen LogP contribution in [-0.4, -0.2) is 38.4 Å². The first-order valence-corrected chi connectivity index (χ1v) is 7.17. The van der Waals surface area contributed by atoms with E-state index in [1.165, 1.54) is 0 Å². The molecule has 0 radical (unpaired) electrons. The minimum atomic E-state index is -0.120. The van der Waals surface area contributed by atoms with Crippen LogP contribution in [0.15, 0.2) is 18.2 Å². The van der Waals surface area contributed by atoms with E-state index in [0.29, 0.717) is 17.2 Å². The first-order valence-electron chi connectivity index (χ1n) is 6.79. The Kier molecular flexibility index (Phi) is 5.40. The van der Waals surface area contributed by atoms with Gasteiger partial charge in [0, 0.05) is 24.3 Å². The van der Waals surface area contributed by atoms with Crippen LogP contribution in [0.3, 0.4) is 0 Å². The highest BCUT2D eigenvalue weighted by Gasteiger charge is 2.27. The number of carbonyl (C=O) groups is 1. The highest BCUT2D eigenvalue weighted by molar-refractivity contribution is 6.30. The second-order valence-electron chi connectivity index (χ2n) is 5.05. The van der Waals surface area contributed by atoms with Crippen molar-refractivity contribution in [3.8, 4) is 0 Å². The number of benzene rings is 1. The van der Waals surface area contributed by atoms with Crippen molar-refractivity contribution in [2.45, 2.75) is 31.9 Å². The number of methoxy groups -OCH3 is 1. The van der Waals surface area contributed by atoms with Crippen LogP contribution >= 0.6 is 11.6 Å². The summed E-state index contributed by atoms with van der Waals surface area (Å²) in [4.78, 5) is 12.4. The van der Waals surface area contributed by atoms with Gasteiger partial charge in [-0.05, 0) is 43.5 Å². The number of halogens is 1. The highest BCUT2D eigenvalue weighted by atomic mass is 35.5. The van der Waals surface area contributed by atoms with Crippen LogP contribution < -0.4 is 5.32 Å². The lowest BCUT2D eigenvalue weighted by atomic mass is 10.1. The Morgan fingerprint density at radius 1 is 1.60 bits per heavy atom. The summed E-state index contributed by atoms with van der Waals surface area (Å²) < 4.78 is 10.8. The van der Waals surface area contributed by atoms with Crippen molar-refractivity contribution >= 4 is 17.5 Å². The van der Waals surface area contributed by atoms with E-state index >= 15 is 0 Å². The van der Waals surface area contributed by atoms with E-state index in [-0.39, 0.29) is 18.1 Å². The number of carbonyl (C=O) groups excluding carboxylic acids is 1. The quantitative estimate of drug-likeness (QED) is 0.909. The fraction of sp³-hybridized carbons (Fsp3) is 0.533. The maximum Gasteiger partial charge on any atom is 0.251 e. The van der Waals surface area contributed by atoms with E-state index in [4.69, 9.17) is 21.1 Å². The second-order valence-corrected chi connectivity index (χ2v) is 5.48. The van der Waals surface area contributed by atoms with E-state index in [1.807, 2.05) is 6.92 Å². The molecule has 1 aromatic carbocycles. The van der Waals surface area contributed by atoms with Gasteiger partial charge in [-0.2, -0.15) is 0 Å². The summed E-state index contributed by atoms with van der Waals surface area (Å²) >= 11 is 5.91. The van der Waals surface area contributed by atoms with Crippen molar-refractivity contribution in [3.05, 3.63) is 34.3 Å². The Morgan fingerprint density at radius 3 is 3.00 bits per heavy atom. The summed E-state index contributed by atoms with van der Waals surface area (Å²) in [6.07, 6.45) is 2.01. The minimum Gasteiger partial charge on any atom is -0.382 e. The fourth-order valence-corrected chi connectivity index (χ4v) is 2.70. The first kappa shape index (κ1) is 15.3. The Balaban J connectivity index is 2.07. The van der Waals surface area contributed by atoms with Gasteiger partial charge in [0.05, 0.1) is 18.8 Å². The molecule has 0 aromatic heterocycles. The van der Waals surface area contributed by atoms with Crippen molar-refractivity contribution in [2.24, 2.45) is 0 Å². The summed E-state index contributed by atoms with van der Waals surface area (Å²) in [5.74, 6) is -0.114. The summed E-state index contributed by atoms with van der Waals surface area (Å²) in [5, 5.41) is 3.64. The van der Waals surface area contributed by atoms with Gasteiger partial charge in [-0.15, -0.1) is 0 Å². The molecule has 0 bridgehead atoms. The van der Waals surface area contributed by atoms with E-state index < -0.39 is 0 Å². The number of hydrogen-bond donors (Lipinski definition) is 1. The second kappa shape index (κ2) is 7.07. The van der Waals surface area contributed by atoms with Crippen LogP contribution in [0.1, 0.15) is 28.8 Å². The SMILES string of the molecule is COC[C@@H](NC(=O)c1ccc(Cl)cc1C)[C@H]1CCCO1. The third kappa shape index (κ3) is 3.72. The molecule has 1 N–H and O–H groups in total. The van der Waals surface area contributed by atoms with Crippen molar-refractivity contribution in [1.82, 2.24) is 5.32 Å². The minimum absolute atomic E-state index is 0.0338. The zero-order chi connectivity index (χ0) is 14.5. The molecule has 4 nitrogen and oxygen atoms in total. The summed E-state index contributed by atoms with van der Waals surface area (Å²) in [6.45, 7) is 3.07. The van der Waals surface area contributed by atoms with Gasteiger partial charge in [-0.3, -0.25) is 4.79 Å². The van der Waals surface area contributed by atoms with Crippen molar-refractivity contribution in [3.63, 3.8) is 0 Å². The van der Waals surface area contributed by atoms with Gasteiger partial charge in [0.25, 0.3) is 5.91 Å². The first-order chi connectivity index (χ1) is 9.61. The summed E-state index contributed by atoms with van der Waals surface area (Å²) in [7, 11) is 1.63. The van der Waals surface area contributed by atoms with Gasteiger partial charge in [-0.25, -0.2) is 0 Å². The largest absolute Gasteiger partial charge is 0.382 e. The molecule has 0 saturated carbocycles. The third-order valence-corrected chi connectivity index (χ3v) is 3.74. The van der Waals surface area contributed by atoms with Crippen LogP contribution in [0.5, 0.6) is 0 Å². The van der Waals surface area contributed by atoms with Crippen molar-refractivity contribution in [1.29, 1.82) is 0 Å². The van der Waals surface area contributed by atoms with Crippen molar-refractivity contribution < 1.29 is 14.3 Å². The van der Waals surface area contributed by atoms with Gasteiger partial charge in [-0.1, -0.05) is 11.6 Å². The molecule has 2 rings (SSSR count). The molecular formula is C15H20ClNO3. The molecule has 1 saturated heterocycles. The molecule has 2 atom stereocenters. The Labute approximate surface area is 124 Å². The predicted octanol–water partition coefficient (Wildman–Crippen LogP) is 2.57. The van der Waals surface area contributed by atoms with E-state index in [1.54, 1.807) is 25.3 Å². The lowest BCUT2D eigenvalue weighted by Gasteiger charge is -2.23. The fourth-order valence-electron chi connectivity index (χ4n) is 2.47.